The van der Waals surface area contributed by atoms with Crippen LogP contribution in [0.25, 0.3) is 0 Å². The van der Waals surface area contributed by atoms with E-state index in [0.29, 0.717) is 5.92 Å². The normalized spacial score (nSPS) is 19.8. The summed E-state index contributed by atoms with van der Waals surface area (Å²) in [5.74, 6) is 0.323. The van der Waals surface area contributed by atoms with E-state index in [1.54, 1.807) is 0 Å². The van der Waals surface area contributed by atoms with Crippen LogP contribution >= 0.6 is 0 Å². The van der Waals surface area contributed by atoms with E-state index in [1.165, 1.54) is 17.5 Å². The van der Waals surface area contributed by atoms with Crippen LogP contribution in [0.4, 0.5) is 0 Å². The molecule has 2 atom stereocenters. The first-order valence-corrected chi connectivity index (χ1v) is 8.77. The average Bonchev–Trinajstić information content (AvgIpc) is 2.58. The number of carbonyl (C=O) groups excluding carboxylic acids is 1. The van der Waals surface area contributed by atoms with Gasteiger partial charge in [-0.2, -0.15) is 0 Å². The van der Waals surface area contributed by atoms with Crippen LogP contribution in [0.3, 0.4) is 0 Å². The highest BCUT2D eigenvalue weighted by atomic mass is 16.1. The van der Waals surface area contributed by atoms with Crippen molar-refractivity contribution in [2.24, 2.45) is 11.7 Å². The molecular weight excluding hydrogens is 296 g/mol. The van der Waals surface area contributed by atoms with Crippen molar-refractivity contribution < 1.29 is 4.79 Å². The van der Waals surface area contributed by atoms with Gasteiger partial charge in [-0.3, -0.25) is 9.69 Å². The van der Waals surface area contributed by atoms with E-state index < -0.39 is 0 Å². The van der Waals surface area contributed by atoms with Crippen molar-refractivity contribution in [1.82, 2.24) is 4.90 Å². The molecule has 2 aromatic rings. The van der Waals surface area contributed by atoms with Crippen molar-refractivity contribution in [3.8, 4) is 0 Å². The summed E-state index contributed by atoms with van der Waals surface area (Å²) in [5, 5.41) is 0. The highest BCUT2D eigenvalue weighted by Crippen LogP contribution is 2.28. The molecular formula is C21H26N2O. The molecule has 1 saturated heterocycles. The van der Waals surface area contributed by atoms with Crippen molar-refractivity contribution in [1.29, 1.82) is 0 Å². The van der Waals surface area contributed by atoms with Crippen molar-refractivity contribution >= 4 is 5.91 Å². The third kappa shape index (κ3) is 4.04. The van der Waals surface area contributed by atoms with Crippen LogP contribution in [0.1, 0.15) is 35.6 Å². The fourth-order valence-corrected chi connectivity index (χ4v) is 3.75. The van der Waals surface area contributed by atoms with E-state index >= 15 is 0 Å². The molecule has 0 bridgehead atoms. The number of nitrogens with zero attached hydrogens (tertiary/aromatic N) is 1. The summed E-state index contributed by atoms with van der Waals surface area (Å²) in [7, 11) is 0. The van der Waals surface area contributed by atoms with Gasteiger partial charge in [0.05, 0.1) is 0 Å². The molecule has 2 N–H and O–H groups in total. The number of hydrogen-bond donors (Lipinski definition) is 1. The Morgan fingerprint density at radius 2 is 1.88 bits per heavy atom. The maximum atomic E-state index is 12.1. The largest absolute Gasteiger partial charge is 0.368 e. The van der Waals surface area contributed by atoms with Gasteiger partial charge in [-0.05, 0) is 49.8 Å². The number of piperidine rings is 1. The van der Waals surface area contributed by atoms with Gasteiger partial charge in [-0.25, -0.2) is 0 Å². The Labute approximate surface area is 144 Å². The average molecular weight is 322 g/mol. The van der Waals surface area contributed by atoms with E-state index in [4.69, 9.17) is 5.73 Å². The maximum Gasteiger partial charge on any atom is 0.239 e. The minimum Gasteiger partial charge on any atom is -0.368 e. The molecule has 1 fully saturated rings. The van der Waals surface area contributed by atoms with Gasteiger partial charge in [0.25, 0.3) is 0 Å². The van der Waals surface area contributed by atoms with Crippen molar-refractivity contribution in [2.45, 2.75) is 32.2 Å². The van der Waals surface area contributed by atoms with Gasteiger partial charge in [0.2, 0.25) is 5.91 Å². The molecule has 3 heteroatoms. The number of primary amides is 1. The highest BCUT2D eigenvalue weighted by Gasteiger charge is 2.30. The molecule has 0 radical (unpaired) electrons. The third-order valence-electron chi connectivity index (χ3n) is 4.95. The number of likely N-dealkylation sites (tertiary alicyclic amines) is 1. The molecule has 1 heterocycles. The van der Waals surface area contributed by atoms with Gasteiger partial charge in [0, 0.05) is 6.54 Å². The monoisotopic (exact) mass is 322 g/mol. The smallest absolute Gasteiger partial charge is 0.239 e. The summed E-state index contributed by atoms with van der Waals surface area (Å²) >= 11 is 0. The lowest BCUT2D eigenvalue weighted by Crippen LogP contribution is -2.44. The molecule has 0 unspecified atom stereocenters. The first kappa shape index (κ1) is 16.7. The first-order valence-electron chi connectivity index (χ1n) is 8.77. The second kappa shape index (κ2) is 7.63. The third-order valence-corrected chi connectivity index (χ3v) is 4.95. The number of aryl methyl sites for hydroxylation is 1. The number of rotatable bonds is 5. The Morgan fingerprint density at radius 3 is 2.54 bits per heavy atom. The minimum absolute atomic E-state index is 0.253. The summed E-state index contributed by atoms with van der Waals surface area (Å²) in [6, 6.07) is 18.4. The Hall–Kier alpha value is -2.13. The maximum absolute atomic E-state index is 12.1. The van der Waals surface area contributed by atoms with Gasteiger partial charge in [-0.15, -0.1) is 0 Å². The minimum atomic E-state index is -0.313. The fraction of sp³-hybridized carbons (Fsp3) is 0.381. The summed E-state index contributed by atoms with van der Waals surface area (Å²) in [6.07, 6.45) is 3.40. The first-order chi connectivity index (χ1) is 11.6. The Morgan fingerprint density at radius 1 is 1.17 bits per heavy atom. The number of carbonyl (C=O) groups is 1. The van der Waals surface area contributed by atoms with Gasteiger partial charge in [0.1, 0.15) is 6.04 Å². The predicted octanol–water partition coefficient (Wildman–Crippen LogP) is 3.48. The molecule has 3 nitrogen and oxygen atoms in total. The zero-order chi connectivity index (χ0) is 16.9. The van der Waals surface area contributed by atoms with Gasteiger partial charge in [0.15, 0.2) is 0 Å². The topological polar surface area (TPSA) is 46.3 Å². The molecule has 1 amide bonds. The number of benzene rings is 2. The van der Waals surface area contributed by atoms with E-state index in [-0.39, 0.29) is 11.9 Å². The molecule has 0 aromatic heterocycles. The lowest BCUT2D eigenvalue weighted by molar-refractivity contribution is -0.124. The molecule has 2 aromatic carbocycles. The quantitative estimate of drug-likeness (QED) is 0.916. The van der Waals surface area contributed by atoms with Crippen molar-refractivity contribution in [3.63, 3.8) is 0 Å². The number of nitrogens with two attached hydrogens (primary N) is 1. The van der Waals surface area contributed by atoms with E-state index in [9.17, 15) is 4.79 Å². The Balaban J connectivity index is 1.71. The highest BCUT2D eigenvalue weighted by molar-refractivity contribution is 5.81. The molecule has 1 aliphatic rings. The molecule has 24 heavy (non-hydrogen) atoms. The lowest BCUT2D eigenvalue weighted by Gasteiger charge is -2.37. The second-order valence-electron chi connectivity index (χ2n) is 6.91. The SMILES string of the molecule is Cc1ccc(C[C@@H]2CCCN([C@H](C(N)=O)c3ccccc3)C2)cc1. The zero-order valence-electron chi connectivity index (χ0n) is 14.3. The number of amides is 1. The van der Waals surface area contributed by atoms with E-state index in [2.05, 4.69) is 36.1 Å². The lowest BCUT2D eigenvalue weighted by atomic mass is 9.89. The fourth-order valence-electron chi connectivity index (χ4n) is 3.75. The Bertz CT molecular complexity index is 666. The zero-order valence-corrected chi connectivity index (χ0v) is 14.3. The van der Waals surface area contributed by atoms with E-state index in [1.807, 2.05) is 30.3 Å². The summed E-state index contributed by atoms with van der Waals surface area (Å²) in [6.45, 7) is 3.98. The van der Waals surface area contributed by atoms with Gasteiger partial charge in [-0.1, -0.05) is 60.2 Å². The van der Waals surface area contributed by atoms with Gasteiger partial charge < -0.3 is 5.73 Å². The van der Waals surface area contributed by atoms with Crippen LogP contribution in [-0.2, 0) is 11.2 Å². The molecule has 0 aliphatic carbocycles. The summed E-state index contributed by atoms with van der Waals surface area (Å²) in [4.78, 5) is 14.3. The molecule has 3 rings (SSSR count). The van der Waals surface area contributed by atoms with Crippen LogP contribution in [0, 0.1) is 12.8 Å². The van der Waals surface area contributed by atoms with Crippen LogP contribution in [0.2, 0.25) is 0 Å². The van der Waals surface area contributed by atoms with Crippen LogP contribution < -0.4 is 5.73 Å². The molecule has 1 aliphatic heterocycles. The van der Waals surface area contributed by atoms with Crippen LogP contribution in [0.5, 0.6) is 0 Å². The molecule has 126 valence electrons. The Kier molecular flexibility index (Phi) is 5.31. The van der Waals surface area contributed by atoms with Gasteiger partial charge >= 0.3 is 0 Å². The van der Waals surface area contributed by atoms with Crippen molar-refractivity contribution in [2.75, 3.05) is 13.1 Å². The molecule has 0 spiro atoms. The second-order valence-corrected chi connectivity index (χ2v) is 6.91. The van der Waals surface area contributed by atoms with Crippen molar-refractivity contribution in [3.05, 3.63) is 71.3 Å². The standard InChI is InChI=1S/C21H26N2O/c1-16-9-11-17(12-10-16)14-18-6-5-13-23(15-18)20(21(22)24)19-7-3-2-4-8-19/h2-4,7-12,18,20H,5-6,13-15H2,1H3,(H2,22,24)/t18-,20-/m0/s1. The van der Waals surface area contributed by atoms with E-state index in [0.717, 1.165) is 31.5 Å². The summed E-state index contributed by atoms with van der Waals surface area (Å²) < 4.78 is 0. The van der Waals surface area contributed by atoms with Crippen LogP contribution in [0.15, 0.2) is 54.6 Å². The predicted molar refractivity (Wildman–Crippen MR) is 97.6 cm³/mol. The summed E-state index contributed by atoms with van der Waals surface area (Å²) in [5.41, 5.74) is 9.41. The van der Waals surface area contributed by atoms with Crippen LogP contribution in [-0.4, -0.2) is 23.9 Å². The number of hydrogen-bond acceptors (Lipinski definition) is 2. The molecule has 0 saturated carbocycles.